The fourth-order valence-corrected chi connectivity index (χ4v) is 9.95. The number of unbranched alkanes of at least 4 members (excludes halogenated alkanes) is 28. The molecule has 0 spiro atoms. The lowest BCUT2D eigenvalue weighted by atomic mass is 9.74. The summed E-state index contributed by atoms with van der Waals surface area (Å²) in [7, 11) is 0. The molecule has 0 aromatic heterocycles. The molecule has 0 saturated carbocycles. The summed E-state index contributed by atoms with van der Waals surface area (Å²) in [4.78, 5) is 106. The van der Waals surface area contributed by atoms with Gasteiger partial charge in [0, 0.05) is 32.3 Å². The standard InChI is InChI=1S/C58H103N3O16/c1-5-9-12-15-18-21-23-26-29-32-35-38-48(63)60-45(40-41-50(65)66)55(71)74-44-46-53(70)54(76-52(69)43-59-47(62)37-34-31-28-25-20-17-14-11-7-3)58(56(72)73,57(77-46,75-8-4)42-51(67)68)61-49(64)39-36-33-30-27-24-22-19-16-13-10-6-2/h45-46,53-54,70H,5-44H2,1-4H3,(H,59,62)(H,60,63)(H,61,64)(H,65,66)(H,67,68)(H,72,73)/t45-,46-,53-,54+,57+,58+/m1/s1. The van der Waals surface area contributed by atoms with Gasteiger partial charge >= 0.3 is 29.8 Å². The molecule has 1 aliphatic rings. The molecule has 1 fully saturated rings. The van der Waals surface area contributed by atoms with Crippen molar-refractivity contribution in [1.29, 1.82) is 0 Å². The topological polar surface area (TPSA) is 290 Å². The Hall–Kier alpha value is -4.36. The largest absolute Gasteiger partial charge is 0.481 e. The van der Waals surface area contributed by atoms with Gasteiger partial charge in [-0.1, -0.05) is 201 Å². The molecule has 19 heteroatoms. The number of hydrogen-bond acceptors (Lipinski definition) is 13. The zero-order valence-corrected chi connectivity index (χ0v) is 47.8. The molecule has 0 radical (unpaired) electrons. The summed E-state index contributed by atoms with van der Waals surface area (Å²) in [6.07, 6.45) is 22.6. The lowest BCUT2D eigenvalue weighted by Gasteiger charge is -2.55. The van der Waals surface area contributed by atoms with Crippen LogP contribution in [0.1, 0.15) is 265 Å². The van der Waals surface area contributed by atoms with E-state index < -0.39 is 116 Å². The monoisotopic (exact) mass is 1100 g/mol. The van der Waals surface area contributed by atoms with E-state index in [1.54, 1.807) is 0 Å². The highest BCUT2D eigenvalue weighted by atomic mass is 16.7. The van der Waals surface area contributed by atoms with E-state index in [4.69, 9.17) is 18.9 Å². The Bertz CT molecular complexity index is 1680. The number of ether oxygens (including phenoxy) is 4. The molecule has 7 N–H and O–H groups in total. The first-order chi connectivity index (χ1) is 37.0. The van der Waals surface area contributed by atoms with Gasteiger partial charge in [0.1, 0.15) is 37.8 Å². The highest BCUT2D eigenvalue weighted by Crippen LogP contribution is 2.44. The predicted octanol–water partition coefficient (Wildman–Crippen LogP) is 10.1. The number of carboxylic acid groups (broad SMARTS) is 3. The molecule has 0 aromatic rings. The van der Waals surface area contributed by atoms with Crippen LogP contribution < -0.4 is 16.0 Å². The number of carbonyl (C=O) groups is 8. The molecule has 0 aromatic carbocycles. The molecule has 19 nitrogen and oxygen atoms in total. The third kappa shape index (κ3) is 30.0. The predicted molar refractivity (Wildman–Crippen MR) is 293 cm³/mol. The lowest BCUT2D eigenvalue weighted by Crippen LogP contribution is -2.83. The quantitative estimate of drug-likeness (QED) is 0.0220. The van der Waals surface area contributed by atoms with Gasteiger partial charge in [-0.05, 0) is 32.6 Å². The van der Waals surface area contributed by atoms with Crippen molar-refractivity contribution in [2.24, 2.45) is 0 Å². The summed E-state index contributed by atoms with van der Waals surface area (Å²) >= 11 is 0. The number of aliphatic hydroxyl groups excluding tert-OH is 1. The van der Waals surface area contributed by atoms with Gasteiger partial charge in [-0.25, -0.2) is 9.59 Å². The smallest absolute Gasteiger partial charge is 0.339 e. The highest BCUT2D eigenvalue weighted by molar-refractivity contribution is 5.91. The highest BCUT2D eigenvalue weighted by Gasteiger charge is 2.73. The molecule has 0 unspecified atom stereocenters. The zero-order valence-electron chi connectivity index (χ0n) is 47.8. The van der Waals surface area contributed by atoms with Gasteiger partial charge in [0.15, 0.2) is 6.10 Å². The second-order valence-corrected chi connectivity index (χ2v) is 21.1. The minimum Gasteiger partial charge on any atom is -0.481 e. The van der Waals surface area contributed by atoms with Crippen LogP contribution in [0, 0.1) is 0 Å². The Kier molecular flexibility index (Phi) is 39.9. The van der Waals surface area contributed by atoms with Gasteiger partial charge in [0.05, 0.1) is 0 Å². The van der Waals surface area contributed by atoms with Crippen LogP contribution >= 0.6 is 0 Å². The van der Waals surface area contributed by atoms with Crippen molar-refractivity contribution < 1.29 is 77.7 Å². The van der Waals surface area contributed by atoms with Crippen LogP contribution in [0.15, 0.2) is 0 Å². The van der Waals surface area contributed by atoms with Gasteiger partial charge in [-0.15, -0.1) is 0 Å². The first kappa shape index (κ1) is 70.7. The van der Waals surface area contributed by atoms with Gasteiger partial charge in [-0.3, -0.25) is 28.8 Å². The molecule has 0 bridgehead atoms. The number of aliphatic carboxylic acids is 3. The van der Waals surface area contributed by atoms with Crippen molar-refractivity contribution in [3.63, 3.8) is 0 Å². The maximum Gasteiger partial charge on any atom is 0.339 e. The zero-order chi connectivity index (χ0) is 57.2. The number of carboxylic acids is 3. The second kappa shape index (κ2) is 43.5. The molecule has 3 amide bonds. The molecule has 77 heavy (non-hydrogen) atoms. The van der Waals surface area contributed by atoms with Crippen molar-refractivity contribution in [1.82, 2.24) is 16.0 Å². The molecule has 1 rings (SSSR count). The SMILES string of the molecule is CCCCCCCCCCCCCC(=O)N[C@H](CCC(=O)O)C(=O)OC[C@H]1O[C@](CC(=O)O)(OCC)[C@@](NC(=O)CCCCCCCCCCCCC)(C(=O)O)[C@@H](OC(=O)CNC(=O)CCCCCCCCCCC)[C@@H]1O. The van der Waals surface area contributed by atoms with E-state index in [1.165, 1.54) is 77.6 Å². The Morgan fingerprint density at radius 1 is 0.532 bits per heavy atom. The summed E-state index contributed by atoms with van der Waals surface area (Å²) in [6.45, 7) is 5.70. The first-order valence-corrected chi connectivity index (χ1v) is 29.9. The van der Waals surface area contributed by atoms with Crippen LogP contribution in [-0.2, 0) is 57.3 Å². The number of nitrogens with one attached hydrogen (secondary N) is 3. The van der Waals surface area contributed by atoms with Gasteiger partial charge in [0.2, 0.25) is 29.0 Å². The maximum atomic E-state index is 13.9. The summed E-state index contributed by atoms with van der Waals surface area (Å²) < 4.78 is 23.2. The van der Waals surface area contributed by atoms with Crippen LogP contribution in [0.5, 0.6) is 0 Å². The fraction of sp³-hybridized carbons (Fsp3) is 0.862. The average Bonchev–Trinajstić information content (AvgIpc) is 3.38. The minimum atomic E-state index is -3.15. The van der Waals surface area contributed by atoms with Gasteiger partial charge in [-0.2, -0.15) is 0 Å². The van der Waals surface area contributed by atoms with E-state index >= 15 is 0 Å². The molecule has 6 atom stereocenters. The fourth-order valence-electron chi connectivity index (χ4n) is 9.95. The third-order valence-electron chi connectivity index (χ3n) is 14.4. The molecule has 1 aliphatic heterocycles. The van der Waals surface area contributed by atoms with Gasteiger partial charge in [0.25, 0.3) is 0 Å². The number of carbonyl (C=O) groups excluding carboxylic acids is 5. The van der Waals surface area contributed by atoms with Crippen LogP contribution in [0.25, 0.3) is 0 Å². The van der Waals surface area contributed by atoms with E-state index in [2.05, 4.69) is 36.7 Å². The third-order valence-corrected chi connectivity index (χ3v) is 14.4. The Morgan fingerprint density at radius 3 is 1.35 bits per heavy atom. The number of rotatable bonds is 50. The molecule has 0 aliphatic carbocycles. The van der Waals surface area contributed by atoms with Crippen molar-refractivity contribution in [2.45, 2.75) is 301 Å². The summed E-state index contributed by atoms with van der Waals surface area (Å²) in [6, 6.07) is -1.48. The normalized spacial score (nSPS) is 19.5. The molecular formula is C58H103N3O16. The number of esters is 2. The van der Waals surface area contributed by atoms with Crippen molar-refractivity contribution >= 4 is 47.6 Å². The van der Waals surface area contributed by atoms with Crippen LogP contribution in [-0.4, -0.2) is 123 Å². The molecule has 1 saturated heterocycles. The van der Waals surface area contributed by atoms with Crippen molar-refractivity contribution in [3.8, 4) is 0 Å². The Balaban J connectivity index is 3.37. The number of hydrogen-bond donors (Lipinski definition) is 7. The van der Waals surface area contributed by atoms with Gasteiger partial charge < -0.3 is 55.3 Å². The van der Waals surface area contributed by atoms with E-state index in [0.717, 1.165) is 103 Å². The second-order valence-electron chi connectivity index (χ2n) is 21.1. The summed E-state index contributed by atoms with van der Waals surface area (Å²) in [5.41, 5.74) is -3.15. The molecule has 446 valence electrons. The van der Waals surface area contributed by atoms with Crippen LogP contribution in [0.3, 0.4) is 0 Å². The molecule has 1 heterocycles. The minimum absolute atomic E-state index is 0.0549. The average molecular weight is 1100 g/mol. The van der Waals surface area contributed by atoms with Crippen LogP contribution in [0.4, 0.5) is 0 Å². The van der Waals surface area contributed by atoms with E-state index in [1.807, 2.05) is 0 Å². The first-order valence-electron chi connectivity index (χ1n) is 29.9. The van der Waals surface area contributed by atoms with Crippen molar-refractivity contribution in [2.75, 3.05) is 19.8 Å². The molecular weight excluding hydrogens is 995 g/mol. The van der Waals surface area contributed by atoms with Crippen molar-refractivity contribution in [3.05, 3.63) is 0 Å². The lowest BCUT2D eigenvalue weighted by molar-refractivity contribution is -0.357. The Labute approximate surface area is 460 Å². The van der Waals surface area contributed by atoms with Crippen LogP contribution in [0.2, 0.25) is 0 Å². The summed E-state index contributed by atoms with van der Waals surface area (Å²) in [5.74, 6) is -12.2. The number of aliphatic hydroxyl groups is 1. The van der Waals surface area contributed by atoms with E-state index in [-0.39, 0.29) is 25.7 Å². The Morgan fingerprint density at radius 2 is 0.948 bits per heavy atom. The van der Waals surface area contributed by atoms with E-state index in [0.29, 0.717) is 25.7 Å². The maximum absolute atomic E-state index is 13.9. The van der Waals surface area contributed by atoms with E-state index in [9.17, 15) is 58.8 Å². The number of amides is 3. The summed E-state index contributed by atoms with van der Waals surface area (Å²) in [5, 5.41) is 50.4.